The summed E-state index contributed by atoms with van der Waals surface area (Å²) in [5.41, 5.74) is 1.58. The number of nitrogens with zero attached hydrogens (tertiary/aromatic N) is 2. The van der Waals surface area contributed by atoms with E-state index in [0.717, 1.165) is 11.3 Å². The van der Waals surface area contributed by atoms with Crippen LogP contribution in [-0.2, 0) is 17.3 Å². The maximum absolute atomic E-state index is 13.9. The molecule has 0 fully saturated rings. The molecule has 2 aromatic rings. The third-order valence-corrected chi connectivity index (χ3v) is 4.49. The first-order chi connectivity index (χ1) is 10.5. The van der Waals surface area contributed by atoms with Gasteiger partial charge in [0, 0.05) is 13.2 Å². The van der Waals surface area contributed by atoms with Gasteiger partial charge in [-0.15, -0.1) is 0 Å². The van der Waals surface area contributed by atoms with Crippen LogP contribution in [0.3, 0.4) is 0 Å². The van der Waals surface area contributed by atoms with Crippen molar-refractivity contribution in [2.45, 2.75) is 25.2 Å². The Labute approximate surface area is 127 Å². The lowest BCUT2D eigenvalue weighted by molar-refractivity contribution is -0.141. The average Bonchev–Trinajstić information content (AvgIpc) is 3.08. The van der Waals surface area contributed by atoms with Crippen molar-refractivity contribution in [1.82, 2.24) is 9.78 Å². The molecule has 1 N–H and O–H groups in total. The molecule has 1 heterocycles. The molecule has 114 valence electrons. The van der Waals surface area contributed by atoms with Crippen molar-refractivity contribution < 1.29 is 14.3 Å². The van der Waals surface area contributed by atoms with Crippen LogP contribution >= 0.6 is 0 Å². The lowest BCUT2D eigenvalue weighted by atomic mass is 9.78. The predicted molar refractivity (Wildman–Crippen MR) is 80.9 cm³/mol. The fraction of sp³-hybridized carbons (Fsp3) is 0.294. The Bertz CT molecular complexity index is 779. The molecule has 0 bridgehead atoms. The van der Waals surface area contributed by atoms with E-state index in [4.69, 9.17) is 0 Å². The van der Waals surface area contributed by atoms with Crippen LogP contribution in [0.4, 0.5) is 4.39 Å². The normalized spacial score (nSPS) is 21.0. The number of rotatable bonds is 3. The van der Waals surface area contributed by atoms with Crippen molar-refractivity contribution >= 4 is 11.5 Å². The smallest absolute Gasteiger partial charge is 0.318 e. The second-order valence-electron chi connectivity index (χ2n) is 5.70. The van der Waals surface area contributed by atoms with Gasteiger partial charge in [0.05, 0.1) is 5.69 Å². The van der Waals surface area contributed by atoms with E-state index in [1.54, 1.807) is 36.0 Å². The van der Waals surface area contributed by atoms with E-state index in [2.05, 4.69) is 5.10 Å². The van der Waals surface area contributed by atoms with Crippen LogP contribution in [0, 0.1) is 12.7 Å². The molecule has 1 aliphatic carbocycles. The molecular weight excluding hydrogens is 283 g/mol. The van der Waals surface area contributed by atoms with Crippen LogP contribution in [-0.4, -0.2) is 20.9 Å². The zero-order valence-corrected chi connectivity index (χ0v) is 12.5. The molecule has 0 aliphatic heterocycles. The fourth-order valence-electron chi connectivity index (χ4n) is 3.25. The molecule has 1 aromatic heterocycles. The maximum atomic E-state index is 13.9. The van der Waals surface area contributed by atoms with E-state index >= 15 is 0 Å². The molecule has 4 nitrogen and oxygen atoms in total. The Morgan fingerprint density at radius 1 is 1.41 bits per heavy atom. The van der Waals surface area contributed by atoms with Crippen molar-refractivity contribution in [2.24, 2.45) is 7.05 Å². The van der Waals surface area contributed by atoms with Gasteiger partial charge >= 0.3 is 5.97 Å². The fourth-order valence-corrected chi connectivity index (χ4v) is 3.25. The van der Waals surface area contributed by atoms with Gasteiger partial charge in [-0.1, -0.05) is 18.2 Å². The number of benzene rings is 1. The summed E-state index contributed by atoms with van der Waals surface area (Å²) in [6, 6.07) is 6.49. The molecular formula is C17H17FN2O2. The Morgan fingerprint density at radius 2 is 2.18 bits per heavy atom. The third-order valence-electron chi connectivity index (χ3n) is 4.49. The number of carboxylic acid groups (broad SMARTS) is 1. The zero-order valence-electron chi connectivity index (χ0n) is 12.5. The first-order valence-electron chi connectivity index (χ1n) is 7.15. The molecule has 1 atom stereocenters. The summed E-state index contributed by atoms with van der Waals surface area (Å²) in [4.78, 5) is 12.0. The van der Waals surface area contributed by atoms with E-state index in [1.165, 1.54) is 6.07 Å². The van der Waals surface area contributed by atoms with Crippen LogP contribution in [0.1, 0.15) is 29.7 Å². The Hall–Kier alpha value is -2.43. The van der Waals surface area contributed by atoms with E-state index in [0.29, 0.717) is 24.0 Å². The van der Waals surface area contributed by atoms with Gasteiger partial charge in [-0.25, -0.2) is 4.39 Å². The number of allylic oxidation sites excluding steroid dienone is 1. The Morgan fingerprint density at radius 3 is 2.82 bits per heavy atom. The SMILES string of the molecule is Cc1c(F)cccc1C1(C(=O)O)C=C(c2ccnn2C)CC1. The van der Waals surface area contributed by atoms with E-state index in [1.807, 2.05) is 13.1 Å². The highest BCUT2D eigenvalue weighted by Crippen LogP contribution is 2.44. The van der Waals surface area contributed by atoms with Gasteiger partial charge < -0.3 is 5.11 Å². The van der Waals surface area contributed by atoms with Gasteiger partial charge in [0.25, 0.3) is 0 Å². The predicted octanol–water partition coefficient (Wildman–Crippen LogP) is 3.07. The number of carboxylic acids is 1. The van der Waals surface area contributed by atoms with Crippen LogP contribution in [0.15, 0.2) is 36.5 Å². The highest BCUT2D eigenvalue weighted by atomic mass is 19.1. The summed E-state index contributed by atoms with van der Waals surface area (Å²) in [7, 11) is 1.82. The van der Waals surface area contributed by atoms with Gasteiger partial charge in [0.15, 0.2) is 0 Å². The van der Waals surface area contributed by atoms with Crippen molar-refractivity contribution in [1.29, 1.82) is 0 Å². The largest absolute Gasteiger partial charge is 0.480 e. The first kappa shape index (κ1) is 14.5. The monoisotopic (exact) mass is 300 g/mol. The molecule has 22 heavy (non-hydrogen) atoms. The standard InChI is InChI=1S/C17H17FN2O2/c1-11-13(4-3-5-14(11)18)17(16(21)22)8-6-12(10-17)15-7-9-19-20(15)2/h3-5,7,9-10H,6,8H2,1-2H3,(H,21,22). The first-order valence-corrected chi connectivity index (χ1v) is 7.15. The summed E-state index contributed by atoms with van der Waals surface area (Å²) in [5, 5.41) is 14.0. The Balaban J connectivity index is 2.16. The molecule has 3 rings (SSSR count). The average molecular weight is 300 g/mol. The van der Waals surface area contributed by atoms with Gasteiger partial charge in [0.2, 0.25) is 0 Å². The second-order valence-corrected chi connectivity index (χ2v) is 5.70. The number of hydrogen-bond acceptors (Lipinski definition) is 2. The zero-order chi connectivity index (χ0) is 15.9. The van der Waals surface area contributed by atoms with Gasteiger partial charge in [-0.3, -0.25) is 9.48 Å². The lowest BCUT2D eigenvalue weighted by Gasteiger charge is -2.24. The minimum absolute atomic E-state index is 0.375. The molecule has 0 spiro atoms. The lowest BCUT2D eigenvalue weighted by Crippen LogP contribution is -2.32. The van der Waals surface area contributed by atoms with Crippen LogP contribution < -0.4 is 0 Å². The van der Waals surface area contributed by atoms with Gasteiger partial charge in [-0.05, 0) is 48.6 Å². The number of aliphatic carboxylic acids is 1. The van der Waals surface area contributed by atoms with Crippen LogP contribution in [0.25, 0.3) is 5.57 Å². The highest BCUT2D eigenvalue weighted by molar-refractivity contribution is 5.89. The summed E-state index contributed by atoms with van der Waals surface area (Å²) in [6.45, 7) is 1.63. The molecule has 1 aliphatic rings. The summed E-state index contributed by atoms with van der Waals surface area (Å²) in [6.07, 6.45) is 4.49. The Kier molecular flexibility index (Phi) is 3.35. The molecule has 0 saturated heterocycles. The molecule has 1 unspecified atom stereocenters. The number of halogens is 1. The van der Waals surface area contributed by atoms with Gasteiger partial charge in [-0.2, -0.15) is 5.10 Å². The quantitative estimate of drug-likeness (QED) is 0.947. The minimum atomic E-state index is -1.17. The van der Waals surface area contributed by atoms with Crippen molar-refractivity contribution in [3.63, 3.8) is 0 Å². The van der Waals surface area contributed by atoms with Crippen molar-refractivity contribution in [3.05, 3.63) is 59.2 Å². The topological polar surface area (TPSA) is 55.1 Å². The molecule has 0 radical (unpaired) electrons. The van der Waals surface area contributed by atoms with E-state index in [-0.39, 0.29) is 5.82 Å². The number of aryl methyl sites for hydroxylation is 1. The molecule has 0 amide bonds. The summed E-state index contributed by atoms with van der Waals surface area (Å²) in [5.74, 6) is -1.32. The maximum Gasteiger partial charge on any atom is 0.318 e. The van der Waals surface area contributed by atoms with Crippen LogP contribution in [0.5, 0.6) is 0 Å². The number of carbonyl (C=O) groups is 1. The molecule has 5 heteroatoms. The number of aromatic nitrogens is 2. The van der Waals surface area contributed by atoms with Gasteiger partial charge in [0.1, 0.15) is 11.2 Å². The number of hydrogen-bond donors (Lipinski definition) is 1. The molecule has 1 aromatic carbocycles. The van der Waals surface area contributed by atoms with Crippen molar-refractivity contribution in [3.8, 4) is 0 Å². The minimum Gasteiger partial charge on any atom is -0.480 e. The third kappa shape index (κ3) is 2.04. The van der Waals surface area contributed by atoms with Crippen molar-refractivity contribution in [2.75, 3.05) is 0 Å². The molecule has 0 saturated carbocycles. The van der Waals surface area contributed by atoms with E-state index < -0.39 is 11.4 Å². The highest BCUT2D eigenvalue weighted by Gasteiger charge is 2.43. The van der Waals surface area contributed by atoms with Crippen LogP contribution in [0.2, 0.25) is 0 Å². The summed E-state index contributed by atoms with van der Waals surface area (Å²) < 4.78 is 15.6. The second kappa shape index (κ2) is 5.09. The summed E-state index contributed by atoms with van der Waals surface area (Å²) >= 11 is 0. The van der Waals surface area contributed by atoms with E-state index in [9.17, 15) is 14.3 Å².